The number of rotatable bonds is 13. The van der Waals surface area contributed by atoms with Crippen molar-refractivity contribution in [3.05, 3.63) is 59.7 Å². The Kier molecular flexibility index (Phi) is 10.0. The van der Waals surface area contributed by atoms with Gasteiger partial charge in [0.05, 0.1) is 24.7 Å². The van der Waals surface area contributed by atoms with Crippen molar-refractivity contribution in [2.75, 3.05) is 13.2 Å². The first-order valence-electron chi connectivity index (χ1n) is 11.0. The van der Waals surface area contributed by atoms with Crippen molar-refractivity contribution < 1.29 is 48.5 Å². The lowest BCUT2D eigenvalue weighted by Crippen LogP contribution is -2.21. The second-order valence-corrected chi connectivity index (χ2v) is 8.21. The van der Waals surface area contributed by atoms with Gasteiger partial charge in [-0.25, -0.2) is 0 Å². The summed E-state index contributed by atoms with van der Waals surface area (Å²) in [7, 11) is 0. The molecule has 0 aliphatic rings. The van der Waals surface area contributed by atoms with Crippen LogP contribution in [0.1, 0.15) is 47.4 Å². The second kappa shape index (κ2) is 12.9. The minimum Gasteiger partial charge on any atom is -0.481 e. The Morgan fingerprint density at radius 1 is 0.611 bits per heavy atom. The number of carbonyl (C=O) groups is 6. The van der Waals surface area contributed by atoms with Gasteiger partial charge in [-0.1, -0.05) is 62.4 Å². The van der Waals surface area contributed by atoms with Gasteiger partial charge in [0.15, 0.2) is 24.8 Å². The molecule has 0 amide bonds. The molecule has 36 heavy (non-hydrogen) atoms. The number of carboxylic acid groups (broad SMARTS) is 2. The molecular formula is C26H26O10. The predicted molar refractivity (Wildman–Crippen MR) is 125 cm³/mol. The Morgan fingerprint density at radius 2 is 0.917 bits per heavy atom. The summed E-state index contributed by atoms with van der Waals surface area (Å²) in [4.78, 5) is 69.4. The molecule has 0 aromatic heterocycles. The lowest BCUT2D eigenvalue weighted by atomic mass is 10.0. The maximum atomic E-state index is 12.3. The van der Waals surface area contributed by atoms with E-state index in [-0.39, 0.29) is 12.8 Å². The Bertz CT molecular complexity index is 1040. The van der Waals surface area contributed by atoms with Gasteiger partial charge in [-0.05, 0) is 11.1 Å². The van der Waals surface area contributed by atoms with Crippen LogP contribution in [-0.4, -0.2) is 58.9 Å². The lowest BCUT2D eigenvalue weighted by molar-refractivity contribution is -0.151. The number of hydrogen-bond donors (Lipinski definition) is 2. The van der Waals surface area contributed by atoms with Crippen LogP contribution < -0.4 is 0 Å². The summed E-state index contributed by atoms with van der Waals surface area (Å²) in [6, 6.07) is 13.0. The smallest absolute Gasteiger partial charge is 0.309 e. The average molecular weight is 498 g/mol. The topological polar surface area (TPSA) is 161 Å². The number of benzene rings is 2. The maximum absolute atomic E-state index is 12.3. The van der Waals surface area contributed by atoms with Crippen LogP contribution in [0.15, 0.2) is 48.5 Å². The minimum absolute atomic E-state index is 0.308. The standard InChI is InChI=1S/C26H26O10/c1-15(11-23(29)30)25(33)35-13-21(27)19-7-3-17(4-8-19)18-5-9-20(10-6-18)22(28)14-36-26(34)16(2)12-24(31)32/h3-10,15-16H,11-14H2,1-2H3,(H,29,30)(H,31,32). The van der Waals surface area contributed by atoms with Crippen LogP contribution in [0.2, 0.25) is 0 Å². The fraction of sp³-hybridized carbons (Fsp3) is 0.308. The first kappa shape index (κ1) is 27.9. The molecule has 2 unspecified atom stereocenters. The van der Waals surface area contributed by atoms with Crippen molar-refractivity contribution in [3.8, 4) is 11.1 Å². The third-order valence-electron chi connectivity index (χ3n) is 5.20. The summed E-state index contributed by atoms with van der Waals surface area (Å²) in [5, 5.41) is 17.4. The van der Waals surface area contributed by atoms with Crippen molar-refractivity contribution in [3.63, 3.8) is 0 Å². The summed E-state index contributed by atoms with van der Waals surface area (Å²) in [5.41, 5.74) is 2.13. The average Bonchev–Trinajstić information content (AvgIpc) is 2.84. The number of esters is 2. The molecule has 10 nitrogen and oxygen atoms in total. The molecule has 2 aromatic carbocycles. The molecule has 0 saturated heterocycles. The highest BCUT2D eigenvalue weighted by atomic mass is 16.5. The fourth-order valence-corrected chi connectivity index (χ4v) is 3.11. The van der Waals surface area contributed by atoms with Crippen molar-refractivity contribution >= 4 is 35.4 Å². The molecule has 0 saturated carbocycles. The first-order chi connectivity index (χ1) is 17.0. The molecule has 0 aliphatic heterocycles. The van der Waals surface area contributed by atoms with Crippen LogP contribution in [0.4, 0.5) is 0 Å². The van der Waals surface area contributed by atoms with Gasteiger partial charge in [0.2, 0.25) is 0 Å². The summed E-state index contributed by atoms with van der Waals surface area (Å²) in [5.74, 6) is -6.39. The molecule has 190 valence electrons. The number of hydrogen-bond acceptors (Lipinski definition) is 8. The van der Waals surface area contributed by atoms with Crippen LogP contribution >= 0.6 is 0 Å². The number of aliphatic carboxylic acids is 2. The monoisotopic (exact) mass is 498 g/mol. The summed E-state index contributed by atoms with van der Waals surface area (Å²) in [6.45, 7) is 1.81. The van der Waals surface area contributed by atoms with Crippen LogP contribution in [0.25, 0.3) is 11.1 Å². The number of carboxylic acids is 2. The van der Waals surface area contributed by atoms with E-state index in [4.69, 9.17) is 19.7 Å². The number of carbonyl (C=O) groups excluding carboxylic acids is 4. The molecule has 2 aromatic rings. The highest BCUT2D eigenvalue weighted by molar-refractivity contribution is 5.99. The number of ketones is 2. The van der Waals surface area contributed by atoms with Crippen molar-refractivity contribution in [2.45, 2.75) is 26.7 Å². The molecule has 0 bridgehead atoms. The van der Waals surface area contributed by atoms with Gasteiger partial charge in [-0.2, -0.15) is 0 Å². The zero-order chi connectivity index (χ0) is 26.8. The van der Waals surface area contributed by atoms with Crippen LogP contribution in [0, 0.1) is 11.8 Å². The Balaban J connectivity index is 1.92. The summed E-state index contributed by atoms with van der Waals surface area (Å²) >= 11 is 0. The van der Waals surface area contributed by atoms with Gasteiger partial charge >= 0.3 is 23.9 Å². The Labute approximate surface area is 206 Å². The maximum Gasteiger partial charge on any atom is 0.309 e. The molecule has 0 aliphatic carbocycles. The van der Waals surface area contributed by atoms with E-state index in [1.54, 1.807) is 48.5 Å². The second-order valence-electron chi connectivity index (χ2n) is 8.21. The molecule has 10 heteroatoms. The van der Waals surface area contributed by atoms with E-state index in [2.05, 4.69) is 0 Å². The van der Waals surface area contributed by atoms with Gasteiger partial charge in [-0.15, -0.1) is 0 Å². The van der Waals surface area contributed by atoms with Crippen LogP contribution in [0.3, 0.4) is 0 Å². The van der Waals surface area contributed by atoms with E-state index < -0.39 is 60.5 Å². The zero-order valence-corrected chi connectivity index (χ0v) is 19.8. The quantitative estimate of drug-likeness (QED) is 0.310. The number of ether oxygens (including phenoxy) is 2. The zero-order valence-electron chi connectivity index (χ0n) is 19.8. The van der Waals surface area contributed by atoms with E-state index in [0.29, 0.717) is 11.1 Å². The van der Waals surface area contributed by atoms with Crippen molar-refractivity contribution in [1.29, 1.82) is 0 Å². The largest absolute Gasteiger partial charge is 0.481 e. The first-order valence-corrected chi connectivity index (χ1v) is 11.0. The molecule has 2 rings (SSSR count). The van der Waals surface area contributed by atoms with Crippen LogP contribution in [0.5, 0.6) is 0 Å². The third-order valence-corrected chi connectivity index (χ3v) is 5.20. The van der Waals surface area contributed by atoms with Gasteiger partial charge in [0.1, 0.15) is 0 Å². The molecule has 0 spiro atoms. The van der Waals surface area contributed by atoms with Crippen molar-refractivity contribution in [1.82, 2.24) is 0 Å². The van der Waals surface area contributed by atoms with Gasteiger partial charge < -0.3 is 19.7 Å². The van der Waals surface area contributed by atoms with Gasteiger partial charge in [0, 0.05) is 11.1 Å². The number of Topliss-reactive ketones (excluding diaryl/α,β-unsaturated/α-hetero) is 2. The normalized spacial score (nSPS) is 12.2. The fourth-order valence-electron chi connectivity index (χ4n) is 3.11. The van der Waals surface area contributed by atoms with Crippen molar-refractivity contribution in [2.24, 2.45) is 11.8 Å². The summed E-state index contributed by atoms with van der Waals surface area (Å²) < 4.78 is 9.79. The van der Waals surface area contributed by atoms with E-state index in [1.165, 1.54) is 13.8 Å². The highest BCUT2D eigenvalue weighted by Gasteiger charge is 2.20. The van der Waals surface area contributed by atoms with Gasteiger partial charge in [-0.3, -0.25) is 28.8 Å². The Morgan fingerprint density at radius 3 is 1.19 bits per heavy atom. The molecule has 0 heterocycles. The van der Waals surface area contributed by atoms with E-state index in [1.807, 2.05) is 0 Å². The predicted octanol–water partition coefficient (Wildman–Crippen LogP) is 3.03. The van der Waals surface area contributed by atoms with Crippen LogP contribution in [-0.2, 0) is 28.7 Å². The van der Waals surface area contributed by atoms with E-state index >= 15 is 0 Å². The molecule has 2 N–H and O–H groups in total. The molecule has 0 radical (unpaired) electrons. The Hall–Kier alpha value is -4.34. The highest BCUT2D eigenvalue weighted by Crippen LogP contribution is 2.21. The molecule has 0 fully saturated rings. The third kappa shape index (κ3) is 8.46. The van der Waals surface area contributed by atoms with Gasteiger partial charge in [0.25, 0.3) is 0 Å². The molecular weight excluding hydrogens is 472 g/mol. The minimum atomic E-state index is -1.13. The van der Waals surface area contributed by atoms with E-state index in [9.17, 15) is 28.8 Å². The van der Waals surface area contributed by atoms with E-state index in [0.717, 1.165) is 11.1 Å². The molecule has 2 atom stereocenters. The SMILES string of the molecule is CC(CC(=O)O)C(=O)OCC(=O)c1ccc(-c2ccc(C(=O)COC(=O)C(C)CC(=O)O)cc2)cc1. The summed E-state index contributed by atoms with van der Waals surface area (Å²) in [6.07, 6.45) is -0.771. The lowest BCUT2D eigenvalue weighted by Gasteiger charge is -2.10.